The maximum absolute atomic E-state index is 15.9. The number of rotatable bonds is 9. The predicted molar refractivity (Wildman–Crippen MR) is 155 cm³/mol. The average Bonchev–Trinajstić information content (AvgIpc) is 3.62. The van der Waals surface area contributed by atoms with Crippen molar-refractivity contribution in [3.8, 4) is 0 Å². The number of amides is 2. The number of nitrogens with zero attached hydrogens (tertiary/aromatic N) is 4. The Morgan fingerprint density at radius 1 is 1.20 bits per heavy atom. The van der Waals surface area contributed by atoms with Gasteiger partial charge in [-0.05, 0) is 49.0 Å². The van der Waals surface area contributed by atoms with E-state index in [0.717, 1.165) is 36.8 Å². The molecule has 1 saturated heterocycles. The number of nitrogens with one attached hydrogen (secondary N) is 3. The third-order valence-electron chi connectivity index (χ3n) is 7.88. The molecule has 212 valence electrons. The number of likely N-dealkylation sites (tertiary alicyclic amines) is 1. The van der Waals surface area contributed by atoms with Gasteiger partial charge in [0.25, 0.3) is 0 Å². The van der Waals surface area contributed by atoms with Crippen molar-refractivity contribution in [1.29, 1.82) is 0 Å². The first kappa shape index (κ1) is 27.6. The molecule has 3 N–H and O–H groups in total. The van der Waals surface area contributed by atoms with E-state index < -0.39 is 5.82 Å². The fourth-order valence-electron chi connectivity index (χ4n) is 5.58. The molecule has 0 bridgehead atoms. The lowest BCUT2D eigenvalue weighted by Crippen LogP contribution is -2.30. The van der Waals surface area contributed by atoms with Gasteiger partial charge >= 0.3 is 0 Å². The van der Waals surface area contributed by atoms with Crippen molar-refractivity contribution < 1.29 is 14.0 Å². The molecule has 1 unspecified atom stereocenters. The summed E-state index contributed by atoms with van der Waals surface area (Å²) in [6.45, 7) is 8.92. The van der Waals surface area contributed by atoms with E-state index in [2.05, 4.69) is 46.5 Å². The summed E-state index contributed by atoms with van der Waals surface area (Å²) in [7, 11) is 0. The first-order valence-corrected chi connectivity index (χ1v) is 14.2. The highest BCUT2D eigenvalue weighted by molar-refractivity contribution is 5.94. The van der Waals surface area contributed by atoms with Crippen molar-refractivity contribution in [2.45, 2.75) is 70.9 Å². The number of aromatic nitrogens is 3. The van der Waals surface area contributed by atoms with Crippen LogP contribution in [0.3, 0.4) is 0 Å². The highest BCUT2D eigenvalue weighted by atomic mass is 19.1. The quantitative estimate of drug-likeness (QED) is 0.313. The Kier molecular flexibility index (Phi) is 8.32. The molecule has 3 heterocycles. The summed E-state index contributed by atoms with van der Waals surface area (Å²) in [5.41, 5.74) is 3.12. The van der Waals surface area contributed by atoms with Gasteiger partial charge < -0.3 is 20.9 Å². The maximum Gasteiger partial charge on any atom is 0.245 e. The van der Waals surface area contributed by atoms with Gasteiger partial charge in [0.15, 0.2) is 17.3 Å². The topological polar surface area (TPSA) is 104 Å². The second kappa shape index (κ2) is 12.1. The number of hydrogen-bond acceptors (Lipinski definition) is 6. The average molecular weight is 548 g/mol. The third kappa shape index (κ3) is 5.95. The molecule has 1 aliphatic carbocycles. The normalized spacial score (nSPS) is 17.8. The smallest absolute Gasteiger partial charge is 0.245 e. The van der Waals surface area contributed by atoms with E-state index in [1.807, 2.05) is 24.3 Å². The van der Waals surface area contributed by atoms with Crippen LogP contribution in [0.5, 0.6) is 0 Å². The molecule has 2 aromatic heterocycles. The van der Waals surface area contributed by atoms with Gasteiger partial charge in [-0.3, -0.25) is 9.59 Å². The highest BCUT2D eigenvalue weighted by Gasteiger charge is 2.30. The van der Waals surface area contributed by atoms with Gasteiger partial charge in [0, 0.05) is 36.9 Å². The molecule has 0 radical (unpaired) electrons. The summed E-state index contributed by atoms with van der Waals surface area (Å²) in [5.74, 6) is -0.310. The zero-order chi connectivity index (χ0) is 28.2. The Morgan fingerprint density at radius 3 is 2.75 bits per heavy atom. The molecule has 2 aliphatic rings. The van der Waals surface area contributed by atoms with E-state index in [0.29, 0.717) is 37.4 Å². The van der Waals surface area contributed by atoms with Crippen molar-refractivity contribution >= 4 is 34.8 Å². The number of benzene rings is 1. The lowest BCUT2D eigenvalue weighted by molar-refractivity contribution is -0.125. The zero-order valence-corrected chi connectivity index (χ0v) is 23.3. The second-order valence-electron chi connectivity index (χ2n) is 11.1. The Bertz CT molecular complexity index is 1400. The van der Waals surface area contributed by atoms with E-state index in [-0.39, 0.29) is 41.3 Å². The first-order valence-electron chi connectivity index (χ1n) is 14.2. The number of carbonyl (C=O) groups excluding carboxylic acids is 2. The lowest BCUT2D eigenvalue weighted by Gasteiger charge is -2.24. The van der Waals surface area contributed by atoms with Crippen LogP contribution in [0.15, 0.2) is 43.1 Å². The molecule has 9 nitrogen and oxygen atoms in total. The van der Waals surface area contributed by atoms with E-state index >= 15 is 4.39 Å². The summed E-state index contributed by atoms with van der Waals surface area (Å²) in [4.78, 5) is 31.0. The van der Waals surface area contributed by atoms with Crippen molar-refractivity contribution in [3.05, 3.63) is 60.1 Å². The number of anilines is 3. The fraction of sp³-hybridized carbons (Fsp3) is 0.467. The largest absolute Gasteiger partial charge is 0.365 e. The van der Waals surface area contributed by atoms with Crippen LogP contribution in [0.25, 0.3) is 5.65 Å². The zero-order valence-electron chi connectivity index (χ0n) is 23.3. The molecule has 0 spiro atoms. The van der Waals surface area contributed by atoms with E-state index in [4.69, 9.17) is 0 Å². The van der Waals surface area contributed by atoms with Crippen LogP contribution in [-0.2, 0) is 16.1 Å². The van der Waals surface area contributed by atoms with E-state index in [1.165, 1.54) is 12.5 Å². The van der Waals surface area contributed by atoms with Crippen LogP contribution in [0.2, 0.25) is 0 Å². The molecular weight excluding hydrogens is 509 g/mol. The standard InChI is InChI=1S/C30H38FN7O2/c1-4-25(39)37-14-13-21(18-37)30(40)35-23-12-8-9-20(15-23)16-32-29-26(31)27(34-22-10-6-5-7-11-22)36-28-24(19(2)3)17-33-38(28)29/h4,8-9,12,15,17,19,21-22,32H,1,5-7,10-11,13-14,16,18H2,2-3H3,(H,34,36)(H,35,40). The first-order chi connectivity index (χ1) is 19.3. The number of carbonyl (C=O) groups is 2. The molecule has 2 amide bonds. The predicted octanol–water partition coefficient (Wildman–Crippen LogP) is 5.32. The van der Waals surface area contributed by atoms with E-state index in [9.17, 15) is 9.59 Å². The maximum atomic E-state index is 15.9. The van der Waals surface area contributed by atoms with Gasteiger partial charge in [-0.1, -0.05) is 51.8 Å². The van der Waals surface area contributed by atoms with Crippen molar-refractivity contribution in [3.63, 3.8) is 0 Å². The minimum Gasteiger partial charge on any atom is -0.365 e. The second-order valence-corrected chi connectivity index (χ2v) is 11.1. The molecule has 1 aliphatic heterocycles. The van der Waals surface area contributed by atoms with Crippen molar-refractivity contribution in [2.24, 2.45) is 5.92 Å². The molecule has 1 atom stereocenters. The Balaban J connectivity index is 1.32. The summed E-state index contributed by atoms with van der Waals surface area (Å²) in [5, 5.41) is 14.0. The third-order valence-corrected chi connectivity index (χ3v) is 7.88. The summed E-state index contributed by atoms with van der Waals surface area (Å²) >= 11 is 0. The van der Waals surface area contributed by atoms with Crippen LogP contribution < -0.4 is 16.0 Å². The van der Waals surface area contributed by atoms with Gasteiger partial charge in [0.1, 0.15) is 0 Å². The number of fused-ring (bicyclic) bond motifs is 1. The molecule has 10 heteroatoms. The minimum absolute atomic E-state index is 0.123. The van der Waals surface area contributed by atoms with Gasteiger partial charge in [0.05, 0.1) is 12.1 Å². The summed E-state index contributed by atoms with van der Waals surface area (Å²) < 4.78 is 17.4. The van der Waals surface area contributed by atoms with Crippen LogP contribution in [0, 0.1) is 11.7 Å². The fourth-order valence-corrected chi connectivity index (χ4v) is 5.58. The summed E-state index contributed by atoms with van der Waals surface area (Å²) in [6, 6.07) is 7.67. The number of halogens is 1. The monoisotopic (exact) mass is 547 g/mol. The van der Waals surface area contributed by atoms with Gasteiger partial charge in [-0.2, -0.15) is 14.0 Å². The van der Waals surface area contributed by atoms with Gasteiger partial charge in [0.2, 0.25) is 17.6 Å². The Morgan fingerprint density at radius 2 is 2.00 bits per heavy atom. The molecule has 5 rings (SSSR count). The minimum atomic E-state index is -0.458. The number of hydrogen-bond donors (Lipinski definition) is 3. The van der Waals surface area contributed by atoms with Crippen LogP contribution in [-0.4, -0.2) is 50.4 Å². The Hall–Kier alpha value is -3.95. The SMILES string of the molecule is C=CC(=O)N1CCC(C(=O)Nc2cccc(CNc3c(F)c(NC4CCCCC4)nc4c(C(C)C)cnn34)c2)C1. The van der Waals surface area contributed by atoms with Crippen LogP contribution in [0.4, 0.5) is 21.7 Å². The van der Waals surface area contributed by atoms with Crippen LogP contribution in [0.1, 0.15) is 69.4 Å². The lowest BCUT2D eigenvalue weighted by atomic mass is 9.95. The molecule has 1 aromatic carbocycles. The van der Waals surface area contributed by atoms with Crippen LogP contribution >= 0.6 is 0 Å². The molecule has 2 fully saturated rings. The van der Waals surface area contributed by atoms with Crippen molar-refractivity contribution in [1.82, 2.24) is 19.5 Å². The molecule has 3 aromatic rings. The summed E-state index contributed by atoms with van der Waals surface area (Å²) in [6.07, 6.45) is 9.14. The van der Waals surface area contributed by atoms with Gasteiger partial charge in [-0.15, -0.1) is 0 Å². The van der Waals surface area contributed by atoms with Crippen molar-refractivity contribution in [2.75, 3.05) is 29.0 Å². The Labute approximate surface area is 234 Å². The highest BCUT2D eigenvalue weighted by Crippen LogP contribution is 2.30. The molecular formula is C30H38FN7O2. The van der Waals surface area contributed by atoms with Gasteiger partial charge in [-0.25, -0.2) is 4.98 Å². The van der Waals surface area contributed by atoms with E-state index in [1.54, 1.807) is 15.6 Å². The molecule has 1 saturated carbocycles. The molecule has 40 heavy (non-hydrogen) atoms.